The van der Waals surface area contributed by atoms with E-state index in [1.807, 2.05) is 0 Å². The third-order valence-electron chi connectivity index (χ3n) is 4.83. The van der Waals surface area contributed by atoms with Crippen LogP contribution in [0, 0.1) is 0 Å². The minimum Gasteiger partial charge on any atom is -0.481 e. The molecule has 1 N–H and O–H groups in total. The highest BCUT2D eigenvalue weighted by molar-refractivity contribution is 6.28. The number of carboxylic acid groups (broad SMARTS) is 1. The summed E-state index contributed by atoms with van der Waals surface area (Å²) in [6.07, 6.45) is 8.64. The highest BCUT2D eigenvalue weighted by Crippen LogP contribution is 2.26. The van der Waals surface area contributed by atoms with Gasteiger partial charge in [-0.25, -0.2) is 0 Å². The normalized spacial score (nSPS) is 11.9. The number of aliphatic carboxylic acids is 1. The first-order valence-electron chi connectivity index (χ1n) is 10.1. The highest BCUT2D eigenvalue weighted by Gasteiger charge is 2.28. The van der Waals surface area contributed by atoms with Crippen molar-refractivity contribution < 1.29 is 19.5 Å². The van der Waals surface area contributed by atoms with Crippen LogP contribution in [-0.2, 0) is 4.79 Å². The lowest BCUT2D eigenvalue weighted by molar-refractivity contribution is -0.137. The third-order valence-corrected chi connectivity index (χ3v) is 4.83. The summed E-state index contributed by atoms with van der Waals surface area (Å²) in [7, 11) is 0. The van der Waals surface area contributed by atoms with Crippen molar-refractivity contribution >= 4 is 17.5 Å². The molecular weight excluding hydrogens is 352 g/mol. The monoisotopic (exact) mass is 380 g/mol. The van der Waals surface area contributed by atoms with Gasteiger partial charge in [0.25, 0.3) is 0 Å². The first kappa shape index (κ1) is 21.5. The summed E-state index contributed by atoms with van der Waals surface area (Å²) in [5, 5.41) is 8.35. The van der Waals surface area contributed by atoms with Gasteiger partial charge in [0, 0.05) is 28.7 Å². The zero-order valence-corrected chi connectivity index (χ0v) is 16.4. The van der Waals surface area contributed by atoms with Gasteiger partial charge in [-0.3, -0.25) is 14.4 Å². The number of carbonyl (C=O) groups excluding carboxylic acids is 2. The number of unbranched alkanes of at least 4 members (excludes halogenated alkanes) is 6. The van der Waals surface area contributed by atoms with Gasteiger partial charge in [0.15, 0.2) is 11.6 Å². The molecule has 0 fully saturated rings. The van der Waals surface area contributed by atoms with Gasteiger partial charge >= 0.3 is 5.97 Å². The van der Waals surface area contributed by atoms with E-state index in [4.69, 9.17) is 5.11 Å². The van der Waals surface area contributed by atoms with E-state index in [9.17, 15) is 14.4 Å². The SMILES string of the molecule is CCCCCCCCCC(=O)O.O=C1c2ccccc2C(=O)c2ccccc21. The Morgan fingerprint density at radius 1 is 0.679 bits per heavy atom. The van der Waals surface area contributed by atoms with Crippen LogP contribution < -0.4 is 0 Å². The number of carbonyl (C=O) groups is 3. The lowest BCUT2D eigenvalue weighted by Crippen LogP contribution is -2.20. The molecule has 4 heteroatoms. The summed E-state index contributed by atoms with van der Waals surface area (Å²) in [5.74, 6) is -0.792. The Labute approximate surface area is 166 Å². The van der Waals surface area contributed by atoms with Crippen LogP contribution in [0.2, 0.25) is 0 Å². The molecule has 0 bridgehead atoms. The van der Waals surface area contributed by atoms with Gasteiger partial charge in [0.2, 0.25) is 0 Å². The molecule has 0 heterocycles. The standard InChI is InChI=1S/C14H8O2.C10H20O2/c15-13-9-5-1-2-6-10(9)14(16)12-8-4-3-7-11(12)13;1-2-3-4-5-6-7-8-9-10(11)12/h1-8H;2-9H2,1H3,(H,11,12). The summed E-state index contributed by atoms with van der Waals surface area (Å²) in [6, 6.07) is 13.9. The largest absolute Gasteiger partial charge is 0.481 e. The van der Waals surface area contributed by atoms with E-state index in [0.717, 1.165) is 12.8 Å². The van der Waals surface area contributed by atoms with Crippen LogP contribution in [0.1, 0.15) is 90.1 Å². The van der Waals surface area contributed by atoms with Crippen molar-refractivity contribution in [2.24, 2.45) is 0 Å². The summed E-state index contributed by atoms with van der Waals surface area (Å²) < 4.78 is 0. The highest BCUT2D eigenvalue weighted by atomic mass is 16.4. The first-order chi connectivity index (χ1) is 13.6. The van der Waals surface area contributed by atoms with Crippen LogP contribution in [0.3, 0.4) is 0 Å². The number of hydrogen-bond donors (Lipinski definition) is 1. The van der Waals surface area contributed by atoms with Crippen molar-refractivity contribution in [1.29, 1.82) is 0 Å². The summed E-state index contributed by atoms with van der Waals surface area (Å²) >= 11 is 0. The maximum absolute atomic E-state index is 12.1. The molecule has 0 radical (unpaired) electrons. The molecule has 4 nitrogen and oxygen atoms in total. The summed E-state index contributed by atoms with van der Waals surface area (Å²) in [4.78, 5) is 34.3. The molecule has 2 aromatic carbocycles. The molecule has 1 aliphatic rings. The molecule has 0 aliphatic heterocycles. The number of carboxylic acids is 1. The molecule has 0 saturated heterocycles. The average molecular weight is 380 g/mol. The van der Waals surface area contributed by atoms with Gasteiger partial charge in [0.05, 0.1) is 0 Å². The quantitative estimate of drug-likeness (QED) is 0.511. The summed E-state index contributed by atoms with van der Waals surface area (Å²) in [5.41, 5.74) is 2.02. The summed E-state index contributed by atoms with van der Waals surface area (Å²) in [6.45, 7) is 2.20. The zero-order chi connectivity index (χ0) is 20.4. The van der Waals surface area contributed by atoms with Crippen molar-refractivity contribution in [3.8, 4) is 0 Å². The number of rotatable bonds is 8. The van der Waals surface area contributed by atoms with Crippen molar-refractivity contribution in [2.75, 3.05) is 0 Å². The smallest absolute Gasteiger partial charge is 0.303 e. The van der Waals surface area contributed by atoms with Crippen LogP contribution in [0.4, 0.5) is 0 Å². The number of benzene rings is 2. The molecule has 28 heavy (non-hydrogen) atoms. The van der Waals surface area contributed by atoms with Crippen molar-refractivity contribution in [1.82, 2.24) is 0 Å². The third kappa shape index (κ3) is 5.88. The maximum atomic E-state index is 12.1. The van der Waals surface area contributed by atoms with Gasteiger partial charge in [0.1, 0.15) is 0 Å². The Bertz CT molecular complexity index is 717. The fraction of sp³-hybridized carbons (Fsp3) is 0.375. The van der Waals surface area contributed by atoms with Crippen LogP contribution in [0.5, 0.6) is 0 Å². The van der Waals surface area contributed by atoms with Crippen LogP contribution in [-0.4, -0.2) is 22.6 Å². The van der Waals surface area contributed by atoms with E-state index in [-0.39, 0.29) is 11.6 Å². The fourth-order valence-electron chi connectivity index (χ4n) is 3.28. The van der Waals surface area contributed by atoms with Gasteiger partial charge in [-0.1, -0.05) is 94.0 Å². The predicted octanol–water partition coefficient (Wildman–Crippen LogP) is 5.67. The number of fused-ring (bicyclic) bond motifs is 2. The van der Waals surface area contributed by atoms with E-state index in [1.54, 1.807) is 48.5 Å². The van der Waals surface area contributed by atoms with E-state index in [1.165, 1.54) is 32.1 Å². The minimum atomic E-state index is -0.663. The topological polar surface area (TPSA) is 71.4 Å². The van der Waals surface area contributed by atoms with Crippen LogP contribution in [0.15, 0.2) is 48.5 Å². The molecule has 0 spiro atoms. The number of ketones is 2. The van der Waals surface area contributed by atoms with Gasteiger partial charge < -0.3 is 5.11 Å². The molecular formula is C24H28O4. The molecule has 148 valence electrons. The van der Waals surface area contributed by atoms with E-state index in [2.05, 4.69) is 6.92 Å². The molecule has 0 unspecified atom stereocenters. The predicted molar refractivity (Wildman–Crippen MR) is 110 cm³/mol. The minimum absolute atomic E-state index is 0.0641. The van der Waals surface area contributed by atoms with Gasteiger partial charge in [-0.05, 0) is 6.42 Å². The van der Waals surface area contributed by atoms with E-state index >= 15 is 0 Å². The molecule has 0 atom stereocenters. The van der Waals surface area contributed by atoms with Gasteiger partial charge in [-0.2, -0.15) is 0 Å². The Morgan fingerprint density at radius 3 is 1.39 bits per heavy atom. The zero-order valence-electron chi connectivity index (χ0n) is 16.4. The molecule has 1 aliphatic carbocycles. The fourth-order valence-corrected chi connectivity index (χ4v) is 3.28. The van der Waals surface area contributed by atoms with Crippen LogP contribution in [0.25, 0.3) is 0 Å². The average Bonchev–Trinajstić information content (AvgIpc) is 2.72. The Morgan fingerprint density at radius 2 is 1.04 bits per heavy atom. The second-order valence-corrected chi connectivity index (χ2v) is 7.01. The second kappa shape index (κ2) is 11.2. The maximum Gasteiger partial charge on any atom is 0.303 e. The number of hydrogen-bond acceptors (Lipinski definition) is 3. The van der Waals surface area contributed by atoms with Crippen LogP contribution >= 0.6 is 0 Å². The lowest BCUT2D eigenvalue weighted by Gasteiger charge is -2.16. The van der Waals surface area contributed by atoms with Crippen molar-refractivity contribution in [3.63, 3.8) is 0 Å². The van der Waals surface area contributed by atoms with E-state index in [0.29, 0.717) is 28.7 Å². The Hall–Kier alpha value is -2.75. The van der Waals surface area contributed by atoms with Crippen molar-refractivity contribution in [3.05, 3.63) is 70.8 Å². The van der Waals surface area contributed by atoms with Crippen molar-refractivity contribution in [2.45, 2.75) is 58.3 Å². The first-order valence-corrected chi connectivity index (χ1v) is 10.1. The second-order valence-electron chi connectivity index (χ2n) is 7.01. The molecule has 0 aromatic heterocycles. The lowest BCUT2D eigenvalue weighted by atomic mass is 9.84. The Kier molecular flexibility index (Phi) is 8.60. The van der Waals surface area contributed by atoms with Gasteiger partial charge in [-0.15, -0.1) is 0 Å². The molecule has 3 rings (SSSR count). The molecule has 2 aromatic rings. The van der Waals surface area contributed by atoms with E-state index < -0.39 is 5.97 Å². The molecule has 0 amide bonds. The molecule has 0 saturated carbocycles. The Balaban J connectivity index is 0.000000211.